The van der Waals surface area contributed by atoms with Crippen molar-refractivity contribution < 1.29 is 4.79 Å². The van der Waals surface area contributed by atoms with Crippen molar-refractivity contribution in [3.63, 3.8) is 0 Å². The van der Waals surface area contributed by atoms with Crippen LogP contribution in [-0.4, -0.2) is 48.5 Å². The Morgan fingerprint density at radius 3 is 2.10 bits per heavy atom. The van der Waals surface area contributed by atoms with Crippen LogP contribution in [0.2, 0.25) is 0 Å². The SMILES string of the molecule is CCN(c1ccccc1)c1ccc(C(=O)N2CCN(c3ccccc3)CC2)nc1. The van der Waals surface area contributed by atoms with Gasteiger partial charge in [0.15, 0.2) is 0 Å². The molecule has 1 aromatic heterocycles. The number of pyridine rings is 1. The molecule has 5 nitrogen and oxygen atoms in total. The van der Waals surface area contributed by atoms with Crippen LogP contribution in [0.15, 0.2) is 79.0 Å². The van der Waals surface area contributed by atoms with Crippen molar-refractivity contribution in [2.75, 3.05) is 42.5 Å². The Balaban J connectivity index is 1.41. The molecule has 5 heteroatoms. The van der Waals surface area contributed by atoms with Gasteiger partial charge in [0.25, 0.3) is 5.91 Å². The summed E-state index contributed by atoms with van der Waals surface area (Å²) in [6.07, 6.45) is 1.80. The molecule has 0 atom stereocenters. The van der Waals surface area contributed by atoms with E-state index in [1.54, 1.807) is 6.20 Å². The molecule has 1 aliphatic heterocycles. The first kappa shape index (κ1) is 19.0. The average molecular weight is 386 g/mol. The highest BCUT2D eigenvalue weighted by atomic mass is 16.2. The summed E-state index contributed by atoms with van der Waals surface area (Å²) in [6, 6.07) is 24.4. The zero-order valence-corrected chi connectivity index (χ0v) is 16.7. The number of hydrogen-bond acceptors (Lipinski definition) is 4. The van der Waals surface area contributed by atoms with Gasteiger partial charge in [0.05, 0.1) is 11.9 Å². The lowest BCUT2D eigenvalue weighted by Gasteiger charge is -2.36. The summed E-state index contributed by atoms with van der Waals surface area (Å²) in [5.74, 6) is 0.00650. The maximum atomic E-state index is 12.9. The molecule has 3 aromatic rings. The van der Waals surface area contributed by atoms with E-state index in [-0.39, 0.29) is 5.91 Å². The van der Waals surface area contributed by atoms with Gasteiger partial charge < -0.3 is 14.7 Å². The van der Waals surface area contributed by atoms with Crippen molar-refractivity contribution in [2.45, 2.75) is 6.92 Å². The van der Waals surface area contributed by atoms with Crippen molar-refractivity contribution in [1.82, 2.24) is 9.88 Å². The molecule has 148 valence electrons. The minimum Gasteiger partial charge on any atom is -0.368 e. The Morgan fingerprint density at radius 1 is 0.862 bits per heavy atom. The van der Waals surface area contributed by atoms with Gasteiger partial charge in [-0.15, -0.1) is 0 Å². The van der Waals surface area contributed by atoms with Crippen LogP contribution >= 0.6 is 0 Å². The molecule has 0 N–H and O–H groups in total. The van der Waals surface area contributed by atoms with E-state index in [1.165, 1.54) is 5.69 Å². The predicted octanol–water partition coefficient (Wildman–Crippen LogP) is 4.20. The van der Waals surface area contributed by atoms with Crippen LogP contribution in [0.3, 0.4) is 0 Å². The molecule has 2 aromatic carbocycles. The molecule has 0 bridgehead atoms. The van der Waals surface area contributed by atoms with Crippen LogP contribution in [-0.2, 0) is 0 Å². The Morgan fingerprint density at radius 2 is 1.52 bits per heavy atom. The van der Waals surface area contributed by atoms with E-state index in [0.29, 0.717) is 18.8 Å². The summed E-state index contributed by atoms with van der Waals surface area (Å²) in [5, 5.41) is 0. The molecule has 0 saturated carbocycles. The summed E-state index contributed by atoms with van der Waals surface area (Å²) >= 11 is 0. The molecule has 29 heavy (non-hydrogen) atoms. The molecule has 0 spiro atoms. The summed E-state index contributed by atoms with van der Waals surface area (Å²) in [5.41, 5.74) is 3.82. The summed E-state index contributed by atoms with van der Waals surface area (Å²) in [6.45, 7) is 6.04. The molecule has 0 aliphatic carbocycles. The van der Waals surface area contributed by atoms with E-state index >= 15 is 0 Å². The first-order valence-electron chi connectivity index (χ1n) is 10.1. The lowest BCUT2D eigenvalue weighted by atomic mass is 10.2. The summed E-state index contributed by atoms with van der Waals surface area (Å²) in [4.78, 5) is 23.8. The third kappa shape index (κ3) is 4.24. The highest BCUT2D eigenvalue weighted by Gasteiger charge is 2.23. The first-order chi connectivity index (χ1) is 14.3. The Hall–Kier alpha value is -3.34. The number of anilines is 3. The third-order valence-electron chi connectivity index (χ3n) is 5.35. The van der Waals surface area contributed by atoms with Gasteiger partial charge in [0.2, 0.25) is 0 Å². The zero-order chi connectivity index (χ0) is 20.1. The lowest BCUT2D eigenvalue weighted by Crippen LogP contribution is -2.49. The van der Waals surface area contributed by atoms with Gasteiger partial charge in [-0.2, -0.15) is 0 Å². The van der Waals surface area contributed by atoms with Crippen molar-refractivity contribution >= 4 is 23.0 Å². The minimum absolute atomic E-state index is 0.00650. The fourth-order valence-electron chi connectivity index (χ4n) is 3.76. The largest absolute Gasteiger partial charge is 0.368 e. The predicted molar refractivity (Wildman–Crippen MR) is 118 cm³/mol. The molecule has 1 aliphatic rings. The first-order valence-corrected chi connectivity index (χ1v) is 10.1. The number of benzene rings is 2. The summed E-state index contributed by atoms with van der Waals surface area (Å²) < 4.78 is 0. The van der Waals surface area contributed by atoms with Crippen LogP contribution < -0.4 is 9.80 Å². The smallest absolute Gasteiger partial charge is 0.272 e. The second kappa shape index (κ2) is 8.78. The van der Waals surface area contributed by atoms with E-state index in [9.17, 15) is 4.79 Å². The van der Waals surface area contributed by atoms with Gasteiger partial charge in [-0.1, -0.05) is 36.4 Å². The van der Waals surface area contributed by atoms with Crippen LogP contribution in [0.5, 0.6) is 0 Å². The molecular weight excluding hydrogens is 360 g/mol. The highest BCUT2D eigenvalue weighted by Crippen LogP contribution is 2.24. The third-order valence-corrected chi connectivity index (χ3v) is 5.35. The quantitative estimate of drug-likeness (QED) is 0.659. The molecule has 1 amide bonds. The number of piperazine rings is 1. The normalized spacial score (nSPS) is 14.0. The monoisotopic (exact) mass is 386 g/mol. The van der Waals surface area contributed by atoms with E-state index in [4.69, 9.17) is 0 Å². The lowest BCUT2D eigenvalue weighted by molar-refractivity contribution is 0.0741. The van der Waals surface area contributed by atoms with Crippen LogP contribution in [0.1, 0.15) is 17.4 Å². The van der Waals surface area contributed by atoms with E-state index < -0.39 is 0 Å². The second-order valence-electron chi connectivity index (χ2n) is 7.10. The standard InChI is InChI=1S/C24H26N4O/c1-2-28(21-11-7-4-8-12-21)22-13-14-23(25-19-22)24(29)27-17-15-26(16-18-27)20-9-5-3-6-10-20/h3-14,19H,2,15-18H2,1H3. The summed E-state index contributed by atoms with van der Waals surface area (Å²) in [7, 11) is 0. The van der Waals surface area contributed by atoms with Crippen molar-refractivity contribution in [1.29, 1.82) is 0 Å². The Labute approximate surface area is 172 Å². The van der Waals surface area contributed by atoms with Gasteiger partial charge >= 0.3 is 0 Å². The van der Waals surface area contributed by atoms with Crippen LogP contribution in [0.25, 0.3) is 0 Å². The van der Waals surface area contributed by atoms with Gasteiger partial charge in [-0.05, 0) is 43.3 Å². The van der Waals surface area contributed by atoms with Gasteiger partial charge in [-0.3, -0.25) is 4.79 Å². The average Bonchev–Trinajstić information content (AvgIpc) is 2.81. The minimum atomic E-state index is 0.00650. The highest BCUT2D eigenvalue weighted by molar-refractivity contribution is 5.92. The molecule has 1 saturated heterocycles. The fraction of sp³-hybridized carbons (Fsp3) is 0.250. The Kier molecular flexibility index (Phi) is 5.75. The molecule has 4 rings (SSSR count). The molecule has 2 heterocycles. The van der Waals surface area contributed by atoms with Gasteiger partial charge in [0.1, 0.15) is 5.69 Å². The number of carbonyl (C=O) groups is 1. The van der Waals surface area contributed by atoms with Crippen LogP contribution in [0.4, 0.5) is 17.1 Å². The fourth-order valence-corrected chi connectivity index (χ4v) is 3.76. The zero-order valence-electron chi connectivity index (χ0n) is 16.7. The number of rotatable bonds is 5. The molecule has 0 unspecified atom stereocenters. The van der Waals surface area contributed by atoms with Gasteiger partial charge in [0, 0.05) is 44.1 Å². The van der Waals surface area contributed by atoms with Crippen molar-refractivity contribution in [2.24, 2.45) is 0 Å². The Bertz CT molecular complexity index is 920. The van der Waals surface area contributed by atoms with E-state index in [0.717, 1.165) is 31.0 Å². The topological polar surface area (TPSA) is 39.7 Å². The van der Waals surface area contributed by atoms with Gasteiger partial charge in [-0.25, -0.2) is 4.98 Å². The number of aromatic nitrogens is 1. The van der Waals surface area contributed by atoms with E-state index in [2.05, 4.69) is 46.0 Å². The van der Waals surface area contributed by atoms with Crippen molar-refractivity contribution in [3.8, 4) is 0 Å². The maximum absolute atomic E-state index is 12.9. The molecule has 1 fully saturated rings. The number of carbonyl (C=O) groups excluding carboxylic acids is 1. The second-order valence-corrected chi connectivity index (χ2v) is 7.10. The maximum Gasteiger partial charge on any atom is 0.272 e. The number of hydrogen-bond donors (Lipinski definition) is 0. The van der Waals surface area contributed by atoms with Crippen LogP contribution in [0, 0.1) is 0 Å². The number of amides is 1. The van der Waals surface area contributed by atoms with Crippen molar-refractivity contribution in [3.05, 3.63) is 84.7 Å². The molecular formula is C24H26N4O. The molecule has 0 radical (unpaired) electrons. The van der Waals surface area contributed by atoms with E-state index in [1.807, 2.05) is 53.4 Å². The number of nitrogens with zero attached hydrogens (tertiary/aromatic N) is 4. The number of para-hydroxylation sites is 2.